The highest BCUT2D eigenvalue weighted by Gasteiger charge is 2.24. The van der Waals surface area contributed by atoms with E-state index in [0.29, 0.717) is 42.9 Å². The molecule has 8 heteroatoms. The quantitative estimate of drug-likeness (QED) is 0.449. The second-order valence-electron chi connectivity index (χ2n) is 8.45. The third kappa shape index (κ3) is 5.33. The van der Waals surface area contributed by atoms with Gasteiger partial charge >= 0.3 is 0 Å². The summed E-state index contributed by atoms with van der Waals surface area (Å²) in [6.07, 6.45) is 6.47. The highest BCUT2D eigenvalue weighted by atomic mass is 35.5. The first-order valence-electron chi connectivity index (χ1n) is 11.2. The number of non-ortho nitro benzene ring substituents is 1. The van der Waals surface area contributed by atoms with Gasteiger partial charge in [0.05, 0.1) is 15.6 Å². The molecular formula is C24H28ClN3O4. The predicted molar refractivity (Wildman–Crippen MR) is 125 cm³/mol. The molecule has 2 aliphatic rings. The van der Waals surface area contributed by atoms with Crippen LogP contribution in [0, 0.1) is 10.1 Å². The topological polar surface area (TPSA) is 75.9 Å². The third-order valence-electron chi connectivity index (χ3n) is 6.43. The van der Waals surface area contributed by atoms with Crippen molar-refractivity contribution in [3.05, 3.63) is 63.2 Å². The Morgan fingerprint density at radius 2 is 1.72 bits per heavy atom. The van der Waals surface area contributed by atoms with Gasteiger partial charge in [0.1, 0.15) is 5.75 Å². The van der Waals surface area contributed by atoms with E-state index in [0.717, 1.165) is 5.69 Å². The van der Waals surface area contributed by atoms with Gasteiger partial charge in [0.2, 0.25) is 0 Å². The second kappa shape index (κ2) is 10.2. The Balaban J connectivity index is 1.25. The van der Waals surface area contributed by atoms with Crippen LogP contribution in [-0.2, 0) is 4.79 Å². The standard InChI is InChI=1S/C24H28ClN3O4/c25-22-16-20(28(30)31)8-11-23(22)26-12-14-27(15-13-26)24(29)17-32-21-9-6-19(7-10-21)18-4-2-1-3-5-18/h6-11,16,18H,1-5,12-15,17H2. The van der Waals surface area contributed by atoms with Crippen molar-refractivity contribution in [2.45, 2.75) is 38.0 Å². The molecule has 2 aromatic carbocycles. The Kier molecular flexibility index (Phi) is 7.15. The molecule has 0 spiro atoms. The highest BCUT2D eigenvalue weighted by Crippen LogP contribution is 2.33. The maximum Gasteiger partial charge on any atom is 0.271 e. The van der Waals surface area contributed by atoms with Crippen molar-refractivity contribution >= 4 is 28.9 Å². The normalized spacial score (nSPS) is 17.3. The number of halogens is 1. The molecule has 1 heterocycles. The van der Waals surface area contributed by atoms with E-state index < -0.39 is 4.92 Å². The van der Waals surface area contributed by atoms with Gasteiger partial charge in [0, 0.05) is 38.3 Å². The number of benzene rings is 2. The van der Waals surface area contributed by atoms with E-state index in [1.54, 1.807) is 11.0 Å². The fraction of sp³-hybridized carbons (Fsp3) is 0.458. The maximum absolute atomic E-state index is 12.6. The van der Waals surface area contributed by atoms with Crippen LogP contribution in [0.15, 0.2) is 42.5 Å². The molecule has 1 saturated heterocycles. The van der Waals surface area contributed by atoms with Crippen molar-refractivity contribution < 1.29 is 14.5 Å². The molecule has 32 heavy (non-hydrogen) atoms. The number of hydrogen-bond donors (Lipinski definition) is 0. The summed E-state index contributed by atoms with van der Waals surface area (Å²) in [5, 5.41) is 11.2. The number of anilines is 1. The lowest BCUT2D eigenvalue weighted by atomic mass is 9.84. The van der Waals surface area contributed by atoms with E-state index >= 15 is 0 Å². The first-order chi connectivity index (χ1) is 15.5. The lowest BCUT2D eigenvalue weighted by molar-refractivity contribution is -0.384. The van der Waals surface area contributed by atoms with Gasteiger partial charge < -0.3 is 14.5 Å². The zero-order chi connectivity index (χ0) is 22.5. The lowest BCUT2D eigenvalue weighted by Gasteiger charge is -2.36. The number of rotatable bonds is 6. The molecule has 0 atom stereocenters. The number of amides is 1. The fourth-order valence-corrected chi connectivity index (χ4v) is 4.87. The summed E-state index contributed by atoms with van der Waals surface area (Å²) in [6.45, 7) is 2.34. The summed E-state index contributed by atoms with van der Waals surface area (Å²) in [4.78, 5) is 26.8. The number of hydrogen-bond acceptors (Lipinski definition) is 5. The Morgan fingerprint density at radius 3 is 2.34 bits per heavy atom. The van der Waals surface area contributed by atoms with Crippen molar-refractivity contribution in [2.24, 2.45) is 0 Å². The van der Waals surface area contributed by atoms with Crippen molar-refractivity contribution in [3.8, 4) is 5.75 Å². The molecular weight excluding hydrogens is 430 g/mol. The van der Waals surface area contributed by atoms with Crippen LogP contribution in [0.1, 0.15) is 43.6 Å². The van der Waals surface area contributed by atoms with Crippen molar-refractivity contribution in [2.75, 3.05) is 37.7 Å². The van der Waals surface area contributed by atoms with E-state index in [9.17, 15) is 14.9 Å². The van der Waals surface area contributed by atoms with Crippen LogP contribution in [0.4, 0.5) is 11.4 Å². The molecule has 0 bridgehead atoms. The summed E-state index contributed by atoms with van der Waals surface area (Å²) >= 11 is 6.24. The molecule has 0 N–H and O–H groups in total. The van der Waals surface area contributed by atoms with Gasteiger partial charge in [-0.05, 0) is 42.5 Å². The predicted octanol–water partition coefficient (Wildman–Crippen LogP) is 5.02. The van der Waals surface area contributed by atoms with Gasteiger partial charge in [-0.2, -0.15) is 0 Å². The minimum absolute atomic E-state index is 0.0149. The van der Waals surface area contributed by atoms with E-state index in [1.165, 1.54) is 49.8 Å². The van der Waals surface area contributed by atoms with Crippen molar-refractivity contribution in [1.82, 2.24) is 4.90 Å². The Labute approximate surface area is 193 Å². The molecule has 0 aromatic heterocycles. The van der Waals surface area contributed by atoms with Crippen molar-refractivity contribution in [3.63, 3.8) is 0 Å². The minimum atomic E-state index is -0.462. The van der Waals surface area contributed by atoms with E-state index in [1.807, 2.05) is 17.0 Å². The summed E-state index contributed by atoms with van der Waals surface area (Å²) in [5.41, 5.74) is 2.08. The summed E-state index contributed by atoms with van der Waals surface area (Å²) in [5.74, 6) is 1.32. The molecule has 1 amide bonds. The van der Waals surface area contributed by atoms with Gasteiger partial charge in [0.25, 0.3) is 11.6 Å². The number of nitrogens with zero attached hydrogens (tertiary/aromatic N) is 3. The monoisotopic (exact) mass is 457 g/mol. The van der Waals surface area contributed by atoms with Gasteiger partial charge in [-0.25, -0.2) is 0 Å². The molecule has 170 valence electrons. The summed E-state index contributed by atoms with van der Waals surface area (Å²) in [6, 6.07) is 12.7. The van der Waals surface area contributed by atoms with Crippen molar-refractivity contribution in [1.29, 1.82) is 0 Å². The zero-order valence-electron chi connectivity index (χ0n) is 18.0. The number of carbonyl (C=O) groups is 1. The highest BCUT2D eigenvalue weighted by molar-refractivity contribution is 6.33. The largest absolute Gasteiger partial charge is 0.484 e. The van der Waals surface area contributed by atoms with Gasteiger partial charge in [-0.15, -0.1) is 0 Å². The molecule has 1 saturated carbocycles. The second-order valence-corrected chi connectivity index (χ2v) is 8.86. The molecule has 0 radical (unpaired) electrons. The van der Waals surface area contributed by atoms with E-state index in [4.69, 9.17) is 16.3 Å². The maximum atomic E-state index is 12.6. The molecule has 7 nitrogen and oxygen atoms in total. The molecule has 1 aliphatic carbocycles. The van der Waals surface area contributed by atoms with Crippen LogP contribution in [0.2, 0.25) is 5.02 Å². The van der Waals surface area contributed by atoms with E-state index in [-0.39, 0.29) is 18.2 Å². The van der Waals surface area contributed by atoms with Gasteiger partial charge in [0.15, 0.2) is 6.61 Å². The third-order valence-corrected chi connectivity index (χ3v) is 6.74. The number of carbonyl (C=O) groups excluding carboxylic acids is 1. The molecule has 1 aliphatic heterocycles. The Hall–Kier alpha value is -2.80. The average Bonchev–Trinajstić information content (AvgIpc) is 2.83. The number of nitro groups is 1. The number of nitro benzene ring substituents is 1. The van der Waals surface area contributed by atoms with Crippen LogP contribution in [0.5, 0.6) is 5.75 Å². The minimum Gasteiger partial charge on any atom is -0.484 e. The van der Waals surface area contributed by atoms with Gasteiger partial charge in [-0.1, -0.05) is 43.0 Å². The van der Waals surface area contributed by atoms with Crippen LogP contribution >= 0.6 is 11.6 Å². The summed E-state index contributed by atoms with van der Waals surface area (Å²) in [7, 11) is 0. The first kappa shape index (κ1) is 22.4. The first-order valence-corrected chi connectivity index (χ1v) is 11.6. The molecule has 0 unspecified atom stereocenters. The Morgan fingerprint density at radius 1 is 1.03 bits per heavy atom. The molecule has 2 aromatic rings. The zero-order valence-corrected chi connectivity index (χ0v) is 18.8. The lowest BCUT2D eigenvalue weighted by Crippen LogP contribution is -2.50. The number of ether oxygens (including phenoxy) is 1. The Bertz CT molecular complexity index is 952. The van der Waals surface area contributed by atoms with E-state index in [2.05, 4.69) is 12.1 Å². The number of piperazine rings is 1. The summed E-state index contributed by atoms with van der Waals surface area (Å²) < 4.78 is 5.74. The molecule has 4 rings (SSSR count). The van der Waals surface area contributed by atoms with Crippen LogP contribution in [-0.4, -0.2) is 48.5 Å². The van der Waals surface area contributed by atoms with Gasteiger partial charge in [-0.3, -0.25) is 14.9 Å². The van der Waals surface area contributed by atoms with Crippen LogP contribution in [0.25, 0.3) is 0 Å². The van der Waals surface area contributed by atoms with Crippen LogP contribution in [0.3, 0.4) is 0 Å². The molecule has 2 fully saturated rings. The fourth-order valence-electron chi connectivity index (χ4n) is 4.57. The SMILES string of the molecule is O=C(COc1ccc(C2CCCCC2)cc1)N1CCN(c2ccc([N+](=O)[O-])cc2Cl)CC1. The average molecular weight is 458 g/mol. The smallest absolute Gasteiger partial charge is 0.271 e. The van der Waals surface area contributed by atoms with Crippen LogP contribution < -0.4 is 9.64 Å².